The quantitative estimate of drug-likeness (QED) is 0.391. The zero-order chi connectivity index (χ0) is 14.8. The fourth-order valence-corrected chi connectivity index (χ4v) is 2.36. The molecule has 0 aromatic rings. The van der Waals surface area contributed by atoms with Crippen LogP contribution in [0.2, 0.25) is 0 Å². The van der Waals surface area contributed by atoms with E-state index in [1.807, 2.05) is 6.08 Å². The van der Waals surface area contributed by atoms with Crippen molar-refractivity contribution in [3.05, 3.63) is 12.7 Å². The van der Waals surface area contributed by atoms with Crippen molar-refractivity contribution in [2.45, 2.75) is 62.9 Å². The van der Waals surface area contributed by atoms with Gasteiger partial charge in [-0.1, -0.05) is 25.3 Å². The molecule has 0 aliphatic carbocycles. The Morgan fingerprint density at radius 1 is 1.20 bits per heavy atom. The molecule has 5 nitrogen and oxygen atoms in total. The second kappa shape index (κ2) is 10.3. The molecule has 1 aliphatic heterocycles. The SMILES string of the molecule is C=CCCCCCCCO[C@H](CO)[C@H]1OC[C@H](O)[C@H]1O. The van der Waals surface area contributed by atoms with Gasteiger partial charge in [0.05, 0.1) is 13.2 Å². The molecular weight excluding hydrogens is 260 g/mol. The van der Waals surface area contributed by atoms with E-state index in [9.17, 15) is 15.3 Å². The third-order valence-corrected chi connectivity index (χ3v) is 3.62. The minimum Gasteiger partial charge on any atom is -0.394 e. The Labute approximate surface area is 121 Å². The molecule has 3 N–H and O–H groups in total. The molecule has 1 fully saturated rings. The van der Waals surface area contributed by atoms with Crippen LogP contribution in [0.15, 0.2) is 12.7 Å². The summed E-state index contributed by atoms with van der Waals surface area (Å²) in [7, 11) is 0. The standard InChI is InChI=1S/C15H28O5/c1-2-3-4-5-6-7-8-9-19-13(10-16)15-14(18)12(17)11-20-15/h2,12-18H,1,3-11H2/t12-,13+,14+,15+/m0/s1. The van der Waals surface area contributed by atoms with E-state index in [-0.39, 0.29) is 13.2 Å². The summed E-state index contributed by atoms with van der Waals surface area (Å²) in [5.41, 5.74) is 0. The van der Waals surface area contributed by atoms with Gasteiger partial charge in [-0.25, -0.2) is 0 Å². The van der Waals surface area contributed by atoms with E-state index in [1.165, 1.54) is 19.3 Å². The van der Waals surface area contributed by atoms with Gasteiger partial charge >= 0.3 is 0 Å². The maximum absolute atomic E-state index is 9.71. The Hall–Kier alpha value is -0.460. The fraction of sp³-hybridized carbons (Fsp3) is 0.867. The largest absolute Gasteiger partial charge is 0.394 e. The molecule has 1 aliphatic rings. The van der Waals surface area contributed by atoms with Gasteiger partial charge in [-0.2, -0.15) is 0 Å². The Balaban J connectivity index is 2.08. The van der Waals surface area contributed by atoms with Crippen LogP contribution in [-0.4, -0.2) is 59.6 Å². The van der Waals surface area contributed by atoms with Crippen molar-refractivity contribution in [1.82, 2.24) is 0 Å². The topological polar surface area (TPSA) is 79.2 Å². The van der Waals surface area contributed by atoms with Crippen LogP contribution in [0.4, 0.5) is 0 Å². The summed E-state index contributed by atoms with van der Waals surface area (Å²) < 4.78 is 10.8. The zero-order valence-electron chi connectivity index (χ0n) is 12.1. The average molecular weight is 288 g/mol. The Kier molecular flexibility index (Phi) is 9.05. The third kappa shape index (κ3) is 5.89. The molecule has 0 aromatic carbocycles. The predicted molar refractivity (Wildman–Crippen MR) is 76.5 cm³/mol. The first-order chi connectivity index (χ1) is 9.70. The van der Waals surface area contributed by atoms with Crippen LogP contribution in [0.5, 0.6) is 0 Å². The van der Waals surface area contributed by atoms with Crippen LogP contribution in [-0.2, 0) is 9.47 Å². The van der Waals surface area contributed by atoms with Gasteiger partial charge in [0.2, 0.25) is 0 Å². The van der Waals surface area contributed by atoms with Crippen LogP contribution in [0.25, 0.3) is 0 Å². The van der Waals surface area contributed by atoms with Crippen molar-refractivity contribution in [2.24, 2.45) is 0 Å². The van der Waals surface area contributed by atoms with Crippen LogP contribution < -0.4 is 0 Å². The van der Waals surface area contributed by atoms with Crippen LogP contribution in [0.3, 0.4) is 0 Å². The summed E-state index contributed by atoms with van der Waals surface area (Å²) in [5.74, 6) is 0. The van der Waals surface area contributed by atoms with Gasteiger partial charge in [0.15, 0.2) is 0 Å². The third-order valence-electron chi connectivity index (χ3n) is 3.62. The highest BCUT2D eigenvalue weighted by Gasteiger charge is 2.40. The normalized spacial score (nSPS) is 27.6. The molecule has 1 rings (SSSR count). The number of ether oxygens (including phenoxy) is 2. The lowest BCUT2D eigenvalue weighted by atomic mass is 10.1. The highest BCUT2D eigenvalue weighted by molar-refractivity contribution is 4.88. The highest BCUT2D eigenvalue weighted by atomic mass is 16.6. The van der Waals surface area contributed by atoms with Crippen molar-refractivity contribution >= 4 is 0 Å². The molecule has 0 saturated carbocycles. The molecule has 0 radical (unpaired) electrons. The van der Waals surface area contributed by atoms with Crippen molar-refractivity contribution in [3.8, 4) is 0 Å². The van der Waals surface area contributed by atoms with Gasteiger partial charge in [-0.05, 0) is 19.3 Å². The number of rotatable bonds is 11. The lowest BCUT2D eigenvalue weighted by molar-refractivity contribution is -0.101. The molecule has 1 saturated heterocycles. The Morgan fingerprint density at radius 3 is 2.50 bits per heavy atom. The summed E-state index contributed by atoms with van der Waals surface area (Å²) in [5, 5.41) is 28.4. The van der Waals surface area contributed by atoms with Crippen molar-refractivity contribution in [1.29, 1.82) is 0 Å². The van der Waals surface area contributed by atoms with Gasteiger partial charge in [-0.15, -0.1) is 6.58 Å². The number of aliphatic hydroxyl groups excluding tert-OH is 3. The molecule has 5 heteroatoms. The van der Waals surface area contributed by atoms with Crippen LogP contribution in [0.1, 0.15) is 38.5 Å². The zero-order valence-corrected chi connectivity index (χ0v) is 12.1. The maximum Gasteiger partial charge on any atom is 0.114 e. The molecule has 1 heterocycles. The van der Waals surface area contributed by atoms with Gasteiger partial charge in [0, 0.05) is 6.61 Å². The first-order valence-corrected chi connectivity index (χ1v) is 7.51. The van der Waals surface area contributed by atoms with Crippen molar-refractivity contribution in [3.63, 3.8) is 0 Å². The first-order valence-electron chi connectivity index (χ1n) is 7.51. The van der Waals surface area contributed by atoms with Crippen LogP contribution in [0, 0.1) is 0 Å². The summed E-state index contributed by atoms with van der Waals surface area (Å²) in [6.45, 7) is 4.11. The Bertz CT molecular complexity index is 259. The smallest absolute Gasteiger partial charge is 0.114 e. The minimum absolute atomic E-state index is 0.0923. The molecule has 20 heavy (non-hydrogen) atoms. The average Bonchev–Trinajstić information content (AvgIpc) is 2.78. The lowest BCUT2D eigenvalue weighted by Crippen LogP contribution is -2.42. The van der Waals surface area contributed by atoms with Crippen molar-refractivity contribution in [2.75, 3.05) is 19.8 Å². The second-order valence-corrected chi connectivity index (χ2v) is 5.29. The number of allylic oxidation sites excluding steroid dienone is 1. The Morgan fingerprint density at radius 2 is 1.90 bits per heavy atom. The monoisotopic (exact) mass is 288 g/mol. The van der Waals surface area contributed by atoms with Gasteiger partial charge in [0.25, 0.3) is 0 Å². The van der Waals surface area contributed by atoms with E-state index < -0.39 is 24.4 Å². The molecule has 118 valence electrons. The molecule has 0 aromatic heterocycles. The van der Waals surface area contributed by atoms with Gasteiger partial charge in [-0.3, -0.25) is 0 Å². The summed E-state index contributed by atoms with van der Waals surface area (Å²) in [6, 6.07) is 0. The number of hydrogen-bond donors (Lipinski definition) is 3. The molecule has 0 unspecified atom stereocenters. The number of hydrogen-bond acceptors (Lipinski definition) is 5. The van der Waals surface area contributed by atoms with Gasteiger partial charge in [0.1, 0.15) is 24.4 Å². The summed E-state index contributed by atoms with van der Waals surface area (Å²) >= 11 is 0. The van der Waals surface area contributed by atoms with E-state index in [0.717, 1.165) is 19.3 Å². The van der Waals surface area contributed by atoms with E-state index in [4.69, 9.17) is 9.47 Å². The fourth-order valence-electron chi connectivity index (χ4n) is 2.36. The summed E-state index contributed by atoms with van der Waals surface area (Å²) in [4.78, 5) is 0. The molecule has 0 amide bonds. The molecule has 0 bridgehead atoms. The minimum atomic E-state index is -0.981. The van der Waals surface area contributed by atoms with Gasteiger partial charge < -0.3 is 24.8 Å². The maximum atomic E-state index is 9.71. The lowest BCUT2D eigenvalue weighted by Gasteiger charge is -2.24. The molecular formula is C15H28O5. The van der Waals surface area contributed by atoms with E-state index in [2.05, 4.69) is 6.58 Å². The van der Waals surface area contributed by atoms with Crippen molar-refractivity contribution < 1.29 is 24.8 Å². The highest BCUT2D eigenvalue weighted by Crippen LogP contribution is 2.19. The first kappa shape index (κ1) is 17.6. The van der Waals surface area contributed by atoms with Crippen LogP contribution >= 0.6 is 0 Å². The second-order valence-electron chi connectivity index (χ2n) is 5.29. The molecule has 4 atom stereocenters. The summed E-state index contributed by atoms with van der Waals surface area (Å²) in [6.07, 6.45) is 5.51. The van der Waals surface area contributed by atoms with E-state index in [1.54, 1.807) is 0 Å². The van der Waals surface area contributed by atoms with E-state index >= 15 is 0 Å². The number of aliphatic hydroxyl groups is 3. The molecule has 0 spiro atoms. The van der Waals surface area contributed by atoms with E-state index in [0.29, 0.717) is 6.61 Å². The number of unbranched alkanes of at least 4 members (excludes halogenated alkanes) is 5. The predicted octanol–water partition coefficient (Wildman–Crippen LogP) is 1.01.